The Morgan fingerprint density at radius 3 is 3.08 bits per heavy atom. The molecule has 1 aromatic heterocycles. The molecule has 1 aromatic carbocycles. The van der Waals surface area contributed by atoms with Gasteiger partial charge in [0.15, 0.2) is 6.79 Å². The maximum absolute atomic E-state index is 5.32. The molecule has 1 heterocycles. The number of ether oxygens (including phenoxy) is 2. The third kappa shape index (κ3) is 1.82. The summed E-state index contributed by atoms with van der Waals surface area (Å²) in [5.74, 6) is 0.854. The van der Waals surface area contributed by atoms with Gasteiger partial charge in [-0.3, -0.25) is 0 Å². The molecule has 2 nitrogen and oxygen atoms in total. The molecule has 0 unspecified atom stereocenters. The summed E-state index contributed by atoms with van der Waals surface area (Å²) in [6.45, 7) is 0.301. The molecule has 0 amide bonds. The van der Waals surface area contributed by atoms with Crippen LogP contribution in [-0.4, -0.2) is 13.9 Å². The van der Waals surface area contributed by atoms with Crippen LogP contribution in [0.4, 0.5) is 0 Å². The number of hydrogen-bond donors (Lipinski definition) is 0. The average Bonchev–Trinajstić information content (AvgIpc) is 2.61. The molecule has 0 saturated heterocycles. The van der Waals surface area contributed by atoms with Crippen molar-refractivity contribution in [3.63, 3.8) is 0 Å². The Kier molecular flexibility index (Phi) is 2.47. The zero-order chi connectivity index (χ0) is 9.10. The largest absolute Gasteiger partial charge is 0.468 e. The molecule has 3 heteroatoms. The van der Waals surface area contributed by atoms with Crippen molar-refractivity contribution in [1.82, 2.24) is 0 Å². The Hall–Kier alpha value is -1.06. The number of methoxy groups -OCH3 is 1. The molecule has 0 N–H and O–H groups in total. The fraction of sp³-hybridized carbons (Fsp3) is 0.200. The van der Waals surface area contributed by atoms with Gasteiger partial charge in [0.05, 0.1) is 0 Å². The molecule has 0 aliphatic rings. The molecule has 2 aromatic rings. The van der Waals surface area contributed by atoms with Crippen LogP contribution in [0.3, 0.4) is 0 Å². The first-order valence-corrected chi connectivity index (χ1v) is 4.87. The molecular weight excluding hydrogens is 184 g/mol. The lowest BCUT2D eigenvalue weighted by molar-refractivity contribution is 0.0512. The first-order chi connectivity index (χ1) is 6.40. The van der Waals surface area contributed by atoms with Gasteiger partial charge in [0, 0.05) is 11.8 Å². The molecule has 0 bridgehead atoms. The van der Waals surface area contributed by atoms with Crippen LogP contribution in [0.1, 0.15) is 0 Å². The monoisotopic (exact) mass is 194 g/mol. The second kappa shape index (κ2) is 3.77. The van der Waals surface area contributed by atoms with Gasteiger partial charge in [-0.2, -0.15) is 0 Å². The summed E-state index contributed by atoms with van der Waals surface area (Å²) in [4.78, 5) is 0. The van der Waals surface area contributed by atoms with Crippen molar-refractivity contribution >= 4 is 21.4 Å². The second-order valence-electron chi connectivity index (χ2n) is 2.67. The van der Waals surface area contributed by atoms with Crippen molar-refractivity contribution in [2.45, 2.75) is 0 Å². The molecule has 13 heavy (non-hydrogen) atoms. The van der Waals surface area contributed by atoms with Crippen LogP contribution >= 0.6 is 11.3 Å². The summed E-state index contributed by atoms with van der Waals surface area (Å²) in [7, 11) is 1.61. The van der Waals surface area contributed by atoms with Crippen LogP contribution in [0.25, 0.3) is 10.1 Å². The fourth-order valence-electron chi connectivity index (χ4n) is 1.16. The quantitative estimate of drug-likeness (QED) is 0.699. The lowest BCUT2D eigenvalue weighted by Crippen LogP contribution is -1.98. The van der Waals surface area contributed by atoms with E-state index in [4.69, 9.17) is 9.47 Å². The summed E-state index contributed by atoms with van der Waals surface area (Å²) in [5.41, 5.74) is 0. The molecule has 0 aliphatic carbocycles. The zero-order valence-electron chi connectivity index (χ0n) is 7.32. The summed E-state index contributed by atoms with van der Waals surface area (Å²) in [6.07, 6.45) is 0. The number of rotatable bonds is 3. The van der Waals surface area contributed by atoms with Crippen molar-refractivity contribution in [1.29, 1.82) is 0 Å². The maximum atomic E-state index is 5.32. The molecule has 0 spiro atoms. The van der Waals surface area contributed by atoms with Gasteiger partial charge in [0.2, 0.25) is 0 Å². The Morgan fingerprint density at radius 1 is 1.31 bits per heavy atom. The minimum Gasteiger partial charge on any atom is -0.468 e. The molecule has 0 saturated carbocycles. The average molecular weight is 194 g/mol. The van der Waals surface area contributed by atoms with Crippen LogP contribution in [0.5, 0.6) is 5.75 Å². The van der Waals surface area contributed by atoms with Gasteiger partial charge in [-0.1, -0.05) is 0 Å². The number of benzene rings is 1. The SMILES string of the molecule is COCOc1ccc2sccc2c1. The highest BCUT2D eigenvalue weighted by Crippen LogP contribution is 2.24. The molecular formula is C10H10O2S. The van der Waals surface area contributed by atoms with E-state index in [-0.39, 0.29) is 0 Å². The van der Waals surface area contributed by atoms with Gasteiger partial charge < -0.3 is 9.47 Å². The van der Waals surface area contributed by atoms with E-state index in [0.717, 1.165) is 5.75 Å². The number of fused-ring (bicyclic) bond motifs is 1. The van der Waals surface area contributed by atoms with Crippen molar-refractivity contribution in [3.8, 4) is 5.75 Å². The Morgan fingerprint density at radius 2 is 2.23 bits per heavy atom. The normalized spacial score (nSPS) is 10.5. The standard InChI is InChI=1S/C10H10O2S/c1-11-7-12-9-2-3-10-8(6-9)4-5-13-10/h2-6H,7H2,1H3. The van der Waals surface area contributed by atoms with Crippen LogP contribution in [0.2, 0.25) is 0 Å². The molecule has 68 valence electrons. The van der Waals surface area contributed by atoms with Gasteiger partial charge >= 0.3 is 0 Å². The predicted molar refractivity (Wildman–Crippen MR) is 54.3 cm³/mol. The van der Waals surface area contributed by atoms with Crippen LogP contribution in [0, 0.1) is 0 Å². The topological polar surface area (TPSA) is 18.5 Å². The Bertz CT molecular complexity index is 394. The minimum absolute atomic E-state index is 0.301. The zero-order valence-corrected chi connectivity index (χ0v) is 8.14. The first kappa shape index (κ1) is 8.53. The van der Waals surface area contributed by atoms with Crippen molar-refractivity contribution in [2.24, 2.45) is 0 Å². The van der Waals surface area contributed by atoms with Crippen molar-refractivity contribution in [2.75, 3.05) is 13.9 Å². The molecule has 0 aliphatic heterocycles. The van der Waals surface area contributed by atoms with Gasteiger partial charge in [-0.25, -0.2) is 0 Å². The van der Waals surface area contributed by atoms with Gasteiger partial charge in [-0.15, -0.1) is 11.3 Å². The highest BCUT2D eigenvalue weighted by molar-refractivity contribution is 7.17. The van der Waals surface area contributed by atoms with Crippen molar-refractivity contribution < 1.29 is 9.47 Å². The Labute approximate surface area is 80.7 Å². The van der Waals surface area contributed by atoms with E-state index in [1.807, 2.05) is 12.1 Å². The van der Waals surface area contributed by atoms with Gasteiger partial charge in [-0.05, 0) is 35.0 Å². The van der Waals surface area contributed by atoms with Gasteiger partial charge in [0.25, 0.3) is 0 Å². The van der Waals surface area contributed by atoms with Gasteiger partial charge in [0.1, 0.15) is 5.75 Å². The van der Waals surface area contributed by atoms with E-state index in [0.29, 0.717) is 6.79 Å². The first-order valence-electron chi connectivity index (χ1n) is 3.99. The fourth-order valence-corrected chi connectivity index (χ4v) is 1.93. The van der Waals surface area contributed by atoms with Crippen LogP contribution in [0.15, 0.2) is 29.6 Å². The van der Waals surface area contributed by atoms with Crippen molar-refractivity contribution in [3.05, 3.63) is 29.6 Å². The van der Waals surface area contributed by atoms with E-state index in [9.17, 15) is 0 Å². The van der Waals surface area contributed by atoms with Crippen LogP contribution in [-0.2, 0) is 4.74 Å². The molecule has 0 fully saturated rings. The van der Waals surface area contributed by atoms with E-state index in [2.05, 4.69) is 17.5 Å². The van der Waals surface area contributed by atoms with E-state index in [1.165, 1.54) is 10.1 Å². The van der Waals surface area contributed by atoms with E-state index < -0.39 is 0 Å². The Balaban J connectivity index is 2.26. The highest BCUT2D eigenvalue weighted by Gasteiger charge is 1.97. The molecule has 0 atom stereocenters. The lowest BCUT2D eigenvalue weighted by atomic mass is 10.2. The molecule has 2 rings (SSSR count). The summed E-state index contributed by atoms with van der Waals surface area (Å²) in [6, 6.07) is 8.12. The van der Waals surface area contributed by atoms with Crippen LogP contribution < -0.4 is 4.74 Å². The predicted octanol–water partition coefficient (Wildman–Crippen LogP) is 2.88. The summed E-state index contributed by atoms with van der Waals surface area (Å²) >= 11 is 1.73. The number of thiophene rings is 1. The summed E-state index contributed by atoms with van der Waals surface area (Å²) in [5, 5.41) is 3.30. The molecule has 0 radical (unpaired) electrons. The van der Waals surface area contributed by atoms with E-state index >= 15 is 0 Å². The van der Waals surface area contributed by atoms with E-state index in [1.54, 1.807) is 18.4 Å². The number of hydrogen-bond acceptors (Lipinski definition) is 3. The third-order valence-electron chi connectivity index (χ3n) is 1.77. The minimum atomic E-state index is 0.301. The highest BCUT2D eigenvalue weighted by atomic mass is 32.1. The maximum Gasteiger partial charge on any atom is 0.188 e. The smallest absolute Gasteiger partial charge is 0.188 e. The third-order valence-corrected chi connectivity index (χ3v) is 2.67. The second-order valence-corrected chi connectivity index (χ2v) is 3.62. The lowest BCUT2D eigenvalue weighted by Gasteiger charge is -2.03. The summed E-state index contributed by atoms with van der Waals surface area (Å²) < 4.78 is 11.4.